The molecule has 0 spiro atoms. The fraction of sp³-hybridized carbons (Fsp3) is 0.308. The van der Waals surface area contributed by atoms with Crippen molar-refractivity contribution in [2.45, 2.75) is 39.0 Å². The summed E-state index contributed by atoms with van der Waals surface area (Å²) in [6.45, 7) is 2.23. The van der Waals surface area contributed by atoms with Gasteiger partial charge in [0.2, 0.25) is 5.91 Å². The number of hydrogen-bond donors (Lipinski definition) is 1. The van der Waals surface area contributed by atoms with E-state index in [4.69, 9.17) is 0 Å². The molecular weight excluding hydrogens is 388 g/mol. The first-order valence-corrected chi connectivity index (χ1v) is 11.4. The van der Waals surface area contributed by atoms with Gasteiger partial charge in [-0.25, -0.2) is 0 Å². The lowest BCUT2D eigenvalue weighted by Gasteiger charge is -2.18. The summed E-state index contributed by atoms with van der Waals surface area (Å²) in [7, 11) is 0. The predicted octanol–water partition coefficient (Wildman–Crippen LogP) is 5.78. The second-order valence-electron chi connectivity index (χ2n) is 8.23. The van der Waals surface area contributed by atoms with Gasteiger partial charge in [-0.3, -0.25) is 4.79 Å². The Morgan fingerprint density at radius 3 is 2.27 bits per heavy atom. The zero-order valence-corrected chi connectivity index (χ0v) is 18.0. The van der Waals surface area contributed by atoms with Gasteiger partial charge in [0, 0.05) is 10.8 Å². The molecule has 1 aromatic heterocycles. The van der Waals surface area contributed by atoms with Gasteiger partial charge in [-0.2, -0.15) is 5.26 Å². The molecule has 30 heavy (non-hydrogen) atoms. The highest BCUT2D eigenvalue weighted by atomic mass is 32.1. The second-order valence-corrected chi connectivity index (χ2v) is 9.34. The van der Waals surface area contributed by atoms with Gasteiger partial charge in [0.15, 0.2) is 0 Å². The Morgan fingerprint density at radius 2 is 1.70 bits per heavy atom. The van der Waals surface area contributed by atoms with Crippen molar-refractivity contribution in [1.82, 2.24) is 0 Å². The number of carbonyl (C=O) groups excluding carboxylic acids is 1. The van der Waals surface area contributed by atoms with Crippen LogP contribution in [0.4, 0.5) is 5.00 Å². The van der Waals surface area contributed by atoms with Crippen molar-refractivity contribution in [1.29, 1.82) is 5.26 Å². The van der Waals surface area contributed by atoms with E-state index in [1.54, 1.807) is 11.3 Å². The van der Waals surface area contributed by atoms with Gasteiger partial charge in [0.05, 0.1) is 5.56 Å². The van der Waals surface area contributed by atoms with Crippen LogP contribution < -0.4 is 5.32 Å². The fourth-order valence-corrected chi connectivity index (χ4v) is 5.43. The third-order valence-electron chi connectivity index (χ3n) is 5.88. The van der Waals surface area contributed by atoms with E-state index >= 15 is 0 Å². The van der Waals surface area contributed by atoms with Crippen LogP contribution in [0.3, 0.4) is 0 Å². The molecule has 1 heterocycles. The number of thiophene rings is 1. The zero-order valence-electron chi connectivity index (χ0n) is 17.2. The zero-order chi connectivity index (χ0) is 20.9. The maximum absolute atomic E-state index is 13.4. The van der Waals surface area contributed by atoms with Crippen molar-refractivity contribution in [3.05, 3.63) is 87.8 Å². The van der Waals surface area contributed by atoms with Crippen molar-refractivity contribution in [2.24, 2.45) is 11.8 Å². The minimum Gasteiger partial charge on any atom is -0.316 e. The van der Waals surface area contributed by atoms with E-state index < -0.39 is 0 Å². The molecule has 1 N–H and O–H groups in total. The van der Waals surface area contributed by atoms with Crippen LogP contribution in [0.25, 0.3) is 0 Å². The Balaban J connectivity index is 1.58. The highest BCUT2D eigenvalue weighted by molar-refractivity contribution is 7.16. The Morgan fingerprint density at radius 1 is 1.10 bits per heavy atom. The Hall–Kier alpha value is -2.90. The molecule has 1 amide bonds. The molecule has 0 fully saturated rings. The number of nitriles is 1. The van der Waals surface area contributed by atoms with E-state index in [-0.39, 0.29) is 11.8 Å². The number of hydrogen-bond acceptors (Lipinski definition) is 3. The van der Waals surface area contributed by atoms with Gasteiger partial charge in [-0.05, 0) is 54.7 Å². The molecule has 0 radical (unpaired) electrons. The summed E-state index contributed by atoms with van der Waals surface area (Å²) in [4.78, 5) is 14.6. The summed E-state index contributed by atoms with van der Waals surface area (Å²) in [5, 5.41) is 13.6. The standard InChI is InChI=1S/C26H26N2OS/c1-18-12-13-24-22(14-18)23(17-27)26(30-24)28-25(29)21(15-19-8-4-2-5-9-19)16-20-10-6-3-7-11-20/h2-11,18,21H,12-16H2,1H3,(H,28,29). The van der Waals surface area contributed by atoms with Crippen molar-refractivity contribution in [3.8, 4) is 6.07 Å². The number of nitrogens with one attached hydrogen (secondary N) is 1. The van der Waals surface area contributed by atoms with Gasteiger partial charge in [0.1, 0.15) is 11.1 Å². The molecule has 0 saturated carbocycles. The number of amides is 1. The first kappa shape index (κ1) is 20.4. The molecule has 1 aliphatic carbocycles. The normalized spacial score (nSPS) is 15.4. The minimum absolute atomic E-state index is 0.00847. The molecule has 1 atom stereocenters. The SMILES string of the molecule is CC1CCc2sc(NC(=O)C(Cc3ccccc3)Cc3ccccc3)c(C#N)c2C1. The third-order valence-corrected chi connectivity index (χ3v) is 7.08. The van der Waals surface area contributed by atoms with Crippen LogP contribution in [-0.2, 0) is 30.5 Å². The molecular formula is C26H26N2OS. The number of fused-ring (bicyclic) bond motifs is 1. The Labute approximate surface area is 182 Å². The summed E-state index contributed by atoms with van der Waals surface area (Å²) in [6.07, 6.45) is 4.43. The summed E-state index contributed by atoms with van der Waals surface area (Å²) >= 11 is 1.59. The monoisotopic (exact) mass is 414 g/mol. The van der Waals surface area contributed by atoms with Crippen molar-refractivity contribution >= 4 is 22.2 Å². The van der Waals surface area contributed by atoms with E-state index in [1.165, 1.54) is 4.88 Å². The van der Waals surface area contributed by atoms with Gasteiger partial charge >= 0.3 is 0 Å². The van der Waals surface area contributed by atoms with Crippen LogP contribution in [0.5, 0.6) is 0 Å². The van der Waals surface area contributed by atoms with Crippen molar-refractivity contribution < 1.29 is 4.79 Å². The largest absolute Gasteiger partial charge is 0.316 e. The van der Waals surface area contributed by atoms with Crippen LogP contribution in [0.2, 0.25) is 0 Å². The summed E-state index contributed by atoms with van der Waals surface area (Å²) in [5.41, 5.74) is 4.12. The van der Waals surface area contributed by atoms with E-state index in [9.17, 15) is 10.1 Å². The lowest BCUT2D eigenvalue weighted by Crippen LogP contribution is -2.26. The molecule has 1 aliphatic rings. The highest BCUT2D eigenvalue weighted by Crippen LogP contribution is 2.39. The molecule has 3 nitrogen and oxygen atoms in total. The molecule has 0 aliphatic heterocycles. The van der Waals surface area contributed by atoms with Crippen LogP contribution in [-0.4, -0.2) is 5.91 Å². The third kappa shape index (κ3) is 4.63. The smallest absolute Gasteiger partial charge is 0.228 e. The van der Waals surface area contributed by atoms with Gasteiger partial charge in [-0.1, -0.05) is 67.6 Å². The number of carbonyl (C=O) groups is 1. The van der Waals surface area contributed by atoms with Crippen LogP contribution in [0.1, 0.15) is 40.5 Å². The molecule has 2 aromatic carbocycles. The average molecular weight is 415 g/mol. The summed E-state index contributed by atoms with van der Waals surface area (Å²) < 4.78 is 0. The molecule has 0 saturated heterocycles. The first-order valence-electron chi connectivity index (χ1n) is 10.6. The summed E-state index contributed by atoms with van der Waals surface area (Å²) in [5.74, 6) is 0.386. The Bertz CT molecular complexity index is 1010. The second kappa shape index (κ2) is 9.28. The van der Waals surface area contributed by atoms with Crippen LogP contribution in [0.15, 0.2) is 60.7 Å². The number of anilines is 1. The van der Waals surface area contributed by atoms with Gasteiger partial charge in [0.25, 0.3) is 0 Å². The first-order chi connectivity index (χ1) is 14.6. The molecule has 0 bridgehead atoms. The highest BCUT2D eigenvalue weighted by Gasteiger charge is 2.27. The molecule has 3 aromatic rings. The fourth-order valence-electron chi connectivity index (χ4n) is 4.23. The molecule has 4 heteroatoms. The number of aryl methyl sites for hydroxylation is 1. The number of rotatable bonds is 6. The van der Waals surface area contributed by atoms with E-state index in [0.29, 0.717) is 24.3 Å². The van der Waals surface area contributed by atoms with Gasteiger partial charge in [-0.15, -0.1) is 11.3 Å². The minimum atomic E-state index is -0.195. The van der Waals surface area contributed by atoms with E-state index in [1.807, 2.05) is 36.4 Å². The maximum atomic E-state index is 13.4. The van der Waals surface area contributed by atoms with E-state index in [0.717, 1.165) is 41.0 Å². The lowest BCUT2D eigenvalue weighted by molar-refractivity contribution is -0.119. The van der Waals surface area contributed by atoms with E-state index in [2.05, 4.69) is 42.6 Å². The average Bonchev–Trinajstić information content (AvgIpc) is 3.10. The van der Waals surface area contributed by atoms with Gasteiger partial charge < -0.3 is 5.32 Å². The van der Waals surface area contributed by atoms with Crippen molar-refractivity contribution in [3.63, 3.8) is 0 Å². The number of benzene rings is 2. The van der Waals surface area contributed by atoms with Crippen molar-refractivity contribution in [2.75, 3.05) is 5.32 Å². The topological polar surface area (TPSA) is 52.9 Å². The molecule has 4 rings (SSSR count). The van der Waals surface area contributed by atoms with Crippen LogP contribution in [0, 0.1) is 23.2 Å². The maximum Gasteiger partial charge on any atom is 0.228 e. The quantitative estimate of drug-likeness (QED) is 0.555. The number of nitrogens with zero attached hydrogens (tertiary/aromatic N) is 1. The lowest BCUT2D eigenvalue weighted by atomic mass is 9.88. The predicted molar refractivity (Wildman–Crippen MR) is 123 cm³/mol. The Kier molecular flexibility index (Phi) is 6.30. The molecule has 1 unspecified atom stereocenters. The summed E-state index contributed by atoms with van der Waals surface area (Å²) in [6, 6.07) is 22.7. The molecule has 152 valence electrons. The van der Waals surface area contributed by atoms with Crippen LogP contribution >= 0.6 is 11.3 Å².